The fourth-order valence-corrected chi connectivity index (χ4v) is 2.72. The number of aliphatic carboxylic acids is 1. The van der Waals surface area contributed by atoms with Crippen LogP contribution in [0.3, 0.4) is 0 Å². The molecule has 0 radical (unpaired) electrons. The lowest BCUT2D eigenvalue weighted by atomic mass is 9.99. The zero-order valence-corrected chi connectivity index (χ0v) is 14.9. The molecule has 2 aromatic carbocycles. The summed E-state index contributed by atoms with van der Waals surface area (Å²) in [7, 11) is 0. The molecule has 0 saturated carbocycles. The first-order valence-corrected chi connectivity index (χ1v) is 8.43. The molecule has 0 heterocycles. The van der Waals surface area contributed by atoms with E-state index >= 15 is 0 Å². The van der Waals surface area contributed by atoms with Crippen molar-refractivity contribution in [2.45, 2.75) is 39.3 Å². The quantitative estimate of drug-likeness (QED) is 0.677. The first kappa shape index (κ1) is 19.6. The van der Waals surface area contributed by atoms with Crippen molar-refractivity contribution < 1.29 is 19.1 Å². The summed E-state index contributed by atoms with van der Waals surface area (Å²) in [5.41, 5.74) is 2.51. The van der Waals surface area contributed by atoms with Crippen molar-refractivity contribution in [3.63, 3.8) is 0 Å². The van der Waals surface area contributed by atoms with Crippen LogP contribution in [0.2, 0.25) is 0 Å². The highest BCUT2D eigenvalue weighted by molar-refractivity contribution is 5.88. The molecule has 0 spiro atoms. The van der Waals surface area contributed by atoms with Gasteiger partial charge in [0.1, 0.15) is 11.9 Å². The Labute approximate surface area is 152 Å². The summed E-state index contributed by atoms with van der Waals surface area (Å²) in [6.07, 6.45) is 0.695. The standard InChI is InChI=1S/C20H23FN2O3/c1-13-16(10-17(11-18(13)21)23-14(2)24)8-9-19(20(25)26)22-12-15-6-4-3-5-7-15/h3-7,10-11,19,22H,8-9,12H2,1-2H3,(H,23,24)(H,25,26)/t19-/m1/s1. The number of nitrogens with one attached hydrogen (secondary N) is 2. The number of carboxylic acid groups (broad SMARTS) is 1. The van der Waals surface area contributed by atoms with Gasteiger partial charge in [0, 0.05) is 19.2 Å². The Morgan fingerprint density at radius 3 is 2.50 bits per heavy atom. The maximum Gasteiger partial charge on any atom is 0.320 e. The maximum absolute atomic E-state index is 14.1. The number of rotatable bonds is 8. The van der Waals surface area contributed by atoms with Crippen LogP contribution in [0.1, 0.15) is 30.0 Å². The van der Waals surface area contributed by atoms with Crippen LogP contribution >= 0.6 is 0 Å². The summed E-state index contributed by atoms with van der Waals surface area (Å²) in [6.45, 7) is 3.44. The third-order valence-corrected chi connectivity index (χ3v) is 4.17. The Hall–Kier alpha value is -2.73. The number of carboxylic acids is 1. The average molecular weight is 358 g/mol. The average Bonchev–Trinajstić information content (AvgIpc) is 2.58. The predicted molar refractivity (Wildman–Crippen MR) is 98.5 cm³/mol. The van der Waals surface area contributed by atoms with Gasteiger partial charge < -0.3 is 15.7 Å². The van der Waals surface area contributed by atoms with E-state index in [9.17, 15) is 19.1 Å². The normalized spacial score (nSPS) is 11.8. The molecular weight excluding hydrogens is 335 g/mol. The number of amides is 1. The monoisotopic (exact) mass is 358 g/mol. The first-order chi connectivity index (χ1) is 12.4. The van der Waals surface area contributed by atoms with Crippen molar-refractivity contribution in [2.24, 2.45) is 0 Å². The fraction of sp³-hybridized carbons (Fsp3) is 0.300. The molecular formula is C20H23FN2O3. The highest BCUT2D eigenvalue weighted by atomic mass is 19.1. The van der Waals surface area contributed by atoms with Gasteiger partial charge >= 0.3 is 5.97 Å². The number of anilines is 1. The summed E-state index contributed by atoms with van der Waals surface area (Å²) in [5.74, 6) is -1.65. The zero-order chi connectivity index (χ0) is 19.1. The Kier molecular flexibility index (Phi) is 6.86. The molecule has 0 aromatic heterocycles. The number of benzene rings is 2. The Balaban J connectivity index is 2.05. The van der Waals surface area contributed by atoms with Gasteiger partial charge in [-0.15, -0.1) is 0 Å². The summed E-state index contributed by atoms with van der Waals surface area (Å²) >= 11 is 0. The largest absolute Gasteiger partial charge is 0.480 e. The second kappa shape index (κ2) is 9.10. The van der Waals surface area contributed by atoms with Crippen molar-refractivity contribution in [1.82, 2.24) is 5.32 Å². The topological polar surface area (TPSA) is 78.4 Å². The molecule has 0 saturated heterocycles. The van der Waals surface area contributed by atoms with E-state index in [1.807, 2.05) is 30.3 Å². The molecule has 0 fully saturated rings. The minimum atomic E-state index is -0.947. The van der Waals surface area contributed by atoms with Crippen LogP contribution in [0, 0.1) is 12.7 Å². The second-order valence-electron chi connectivity index (χ2n) is 6.22. The molecule has 26 heavy (non-hydrogen) atoms. The molecule has 138 valence electrons. The van der Waals surface area contributed by atoms with E-state index in [4.69, 9.17) is 0 Å². The first-order valence-electron chi connectivity index (χ1n) is 8.43. The van der Waals surface area contributed by atoms with E-state index in [1.165, 1.54) is 13.0 Å². The Morgan fingerprint density at radius 1 is 1.19 bits per heavy atom. The summed E-state index contributed by atoms with van der Waals surface area (Å²) < 4.78 is 14.1. The van der Waals surface area contributed by atoms with E-state index in [1.54, 1.807) is 13.0 Å². The van der Waals surface area contributed by atoms with Gasteiger partial charge in [-0.3, -0.25) is 9.59 Å². The molecule has 3 N–H and O–H groups in total. The van der Waals surface area contributed by atoms with E-state index in [-0.39, 0.29) is 5.91 Å². The fourth-order valence-electron chi connectivity index (χ4n) is 2.72. The summed E-state index contributed by atoms with van der Waals surface area (Å²) in [4.78, 5) is 22.7. The Bertz CT molecular complexity index is 778. The lowest BCUT2D eigenvalue weighted by Gasteiger charge is -2.16. The van der Waals surface area contributed by atoms with Crippen LogP contribution in [-0.2, 0) is 22.6 Å². The van der Waals surface area contributed by atoms with Crippen LogP contribution in [-0.4, -0.2) is 23.0 Å². The van der Waals surface area contributed by atoms with Gasteiger partial charge in [-0.1, -0.05) is 30.3 Å². The van der Waals surface area contributed by atoms with Gasteiger partial charge in [0.25, 0.3) is 0 Å². The highest BCUT2D eigenvalue weighted by Crippen LogP contribution is 2.21. The minimum absolute atomic E-state index is 0.285. The van der Waals surface area contributed by atoms with Gasteiger partial charge in [-0.25, -0.2) is 4.39 Å². The molecule has 5 nitrogen and oxygen atoms in total. The Morgan fingerprint density at radius 2 is 1.88 bits per heavy atom. The van der Waals surface area contributed by atoms with Crippen LogP contribution in [0.4, 0.5) is 10.1 Å². The number of carbonyl (C=O) groups is 2. The number of carbonyl (C=O) groups excluding carboxylic acids is 1. The van der Waals surface area contributed by atoms with Crippen LogP contribution in [0.25, 0.3) is 0 Å². The molecule has 0 aliphatic heterocycles. The third kappa shape index (κ3) is 5.67. The summed E-state index contributed by atoms with van der Waals surface area (Å²) in [6, 6.07) is 11.7. The van der Waals surface area contributed by atoms with Crippen LogP contribution in [0.5, 0.6) is 0 Å². The molecule has 0 bridgehead atoms. The van der Waals surface area contributed by atoms with Crippen molar-refractivity contribution >= 4 is 17.6 Å². The van der Waals surface area contributed by atoms with Crippen LogP contribution < -0.4 is 10.6 Å². The lowest BCUT2D eigenvalue weighted by molar-refractivity contribution is -0.139. The molecule has 6 heteroatoms. The van der Waals surface area contributed by atoms with Crippen molar-refractivity contribution in [3.05, 3.63) is 65.0 Å². The summed E-state index contributed by atoms with van der Waals surface area (Å²) in [5, 5.41) is 15.0. The van der Waals surface area contributed by atoms with Gasteiger partial charge in [0.2, 0.25) is 5.91 Å². The molecule has 0 aliphatic carbocycles. The SMILES string of the molecule is CC(=O)Nc1cc(F)c(C)c(CC[C@@H](NCc2ccccc2)C(=O)O)c1. The molecule has 2 rings (SSSR count). The van der Waals surface area contributed by atoms with Gasteiger partial charge in [0.15, 0.2) is 0 Å². The highest BCUT2D eigenvalue weighted by Gasteiger charge is 2.18. The van der Waals surface area contributed by atoms with Gasteiger partial charge in [-0.2, -0.15) is 0 Å². The predicted octanol–water partition coefficient (Wildman–Crippen LogP) is 3.27. The third-order valence-electron chi connectivity index (χ3n) is 4.17. The molecule has 1 atom stereocenters. The van der Waals surface area contributed by atoms with E-state index < -0.39 is 17.8 Å². The van der Waals surface area contributed by atoms with E-state index in [0.29, 0.717) is 36.2 Å². The molecule has 0 aliphatic rings. The smallest absolute Gasteiger partial charge is 0.320 e. The maximum atomic E-state index is 14.1. The van der Waals surface area contributed by atoms with Crippen molar-refractivity contribution in [2.75, 3.05) is 5.32 Å². The molecule has 1 amide bonds. The number of aryl methyl sites for hydroxylation is 1. The van der Waals surface area contributed by atoms with Gasteiger partial charge in [-0.05, 0) is 48.6 Å². The van der Waals surface area contributed by atoms with E-state index in [0.717, 1.165) is 5.56 Å². The van der Waals surface area contributed by atoms with Gasteiger partial charge in [0.05, 0.1) is 0 Å². The zero-order valence-electron chi connectivity index (χ0n) is 14.9. The van der Waals surface area contributed by atoms with E-state index in [2.05, 4.69) is 10.6 Å². The minimum Gasteiger partial charge on any atom is -0.480 e. The molecule has 0 unspecified atom stereocenters. The lowest BCUT2D eigenvalue weighted by Crippen LogP contribution is -2.36. The molecule has 2 aromatic rings. The second-order valence-corrected chi connectivity index (χ2v) is 6.22. The van der Waals surface area contributed by atoms with Crippen molar-refractivity contribution in [3.8, 4) is 0 Å². The number of hydrogen-bond acceptors (Lipinski definition) is 3. The van der Waals surface area contributed by atoms with Crippen LogP contribution in [0.15, 0.2) is 42.5 Å². The number of hydrogen-bond donors (Lipinski definition) is 3. The van der Waals surface area contributed by atoms with Crippen molar-refractivity contribution in [1.29, 1.82) is 0 Å². The number of halogens is 1.